The van der Waals surface area contributed by atoms with Gasteiger partial charge in [-0.15, -0.1) is 0 Å². The van der Waals surface area contributed by atoms with E-state index in [1.165, 1.54) is 19.3 Å². The fourth-order valence-corrected chi connectivity index (χ4v) is 2.93. The summed E-state index contributed by atoms with van der Waals surface area (Å²) in [5, 5.41) is 8.29. The maximum Gasteiger partial charge on any atom is 0.261 e. The van der Waals surface area contributed by atoms with Crippen molar-refractivity contribution >= 4 is 5.82 Å². The van der Waals surface area contributed by atoms with Gasteiger partial charge in [-0.05, 0) is 38.3 Å². The van der Waals surface area contributed by atoms with Gasteiger partial charge in [0.25, 0.3) is 5.89 Å². The third-order valence-corrected chi connectivity index (χ3v) is 4.32. The van der Waals surface area contributed by atoms with Crippen molar-refractivity contribution in [3.63, 3.8) is 0 Å². The van der Waals surface area contributed by atoms with Gasteiger partial charge < -0.3 is 9.42 Å². The van der Waals surface area contributed by atoms with Gasteiger partial charge >= 0.3 is 0 Å². The predicted molar refractivity (Wildman–Crippen MR) is 90.5 cm³/mol. The number of aromatic nitrogens is 5. The molecule has 4 heterocycles. The summed E-state index contributed by atoms with van der Waals surface area (Å²) in [5.74, 6) is 2.04. The highest BCUT2D eigenvalue weighted by Crippen LogP contribution is 2.23. The Morgan fingerprint density at radius 2 is 1.96 bits per heavy atom. The lowest BCUT2D eigenvalue weighted by molar-refractivity contribution is 0.432. The molecule has 4 rings (SSSR count). The molecule has 124 valence electrons. The van der Waals surface area contributed by atoms with Gasteiger partial charge in [0.2, 0.25) is 5.82 Å². The van der Waals surface area contributed by atoms with Gasteiger partial charge in [0.1, 0.15) is 5.82 Å². The average molecular weight is 324 g/mol. The van der Waals surface area contributed by atoms with E-state index in [-0.39, 0.29) is 0 Å². The first-order valence-electron chi connectivity index (χ1n) is 8.41. The van der Waals surface area contributed by atoms with Gasteiger partial charge in [-0.2, -0.15) is 10.1 Å². The monoisotopic (exact) mass is 324 g/mol. The Kier molecular flexibility index (Phi) is 3.98. The van der Waals surface area contributed by atoms with Crippen molar-refractivity contribution in [2.24, 2.45) is 0 Å². The molecule has 1 aliphatic rings. The zero-order valence-electron chi connectivity index (χ0n) is 13.7. The first-order chi connectivity index (χ1) is 11.8. The van der Waals surface area contributed by atoms with Crippen LogP contribution in [0.2, 0.25) is 0 Å². The Morgan fingerprint density at radius 1 is 1.08 bits per heavy atom. The number of pyridine rings is 1. The number of anilines is 1. The molecule has 7 heteroatoms. The fraction of sp³-hybridized carbons (Fsp3) is 0.412. The van der Waals surface area contributed by atoms with E-state index in [0.717, 1.165) is 36.6 Å². The minimum absolute atomic E-state index is 0.477. The molecule has 0 spiro atoms. The molecule has 24 heavy (non-hydrogen) atoms. The Morgan fingerprint density at radius 3 is 2.67 bits per heavy atom. The van der Waals surface area contributed by atoms with Gasteiger partial charge in [-0.25, -0.2) is 4.98 Å². The number of hydrogen-bond donors (Lipinski definition) is 0. The van der Waals surface area contributed by atoms with Crippen LogP contribution in [0.15, 0.2) is 35.2 Å². The van der Waals surface area contributed by atoms with Crippen LogP contribution >= 0.6 is 0 Å². The first kappa shape index (κ1) is 14.9. The summed E-state index contributed by atoms with van der Waals surface area (Å²) in [6, 6.07) is 4.03. The van der Waals surface area contributed by atoms with E-state index in [1.807, 2.05) is 36.1 Å². The maximum atomic E-state index is 5.36. The molecule has 3 aromatic heterocycles. The fourth-order valence-electron chi connectivity index (χ4n) is 2.93. The van der Waals surface area contributed by atoms with Crippen LogP contribution in [-0.4, -0.2) is 38.0 Å². The lowest BCUT2D eigenvalue weighted by atomic mass is 10.1. The summed E-state index contributed by atoms with van der Waals surface area (Å²) in [6.07, 6.45) is 9.24. The maximum absolute atomic E-state index is 5.36. The number of nitrogens with zero attached hydrogens (tertiary/aromatic N) is 6. The molecule has 1 saturated heterocycles. The van der Waals surface area contributed by atoms with Crippen LogP contribution in [-0.2, 0) is 6.54 Å². The number of aryl methyl sites for hydroxylation is 1. The van der Waals surface area contributed by atoms with E-state index in [1.54, 1.807) is 6.20 Å². The summed E-state index contributed by atoms with van der Waals surface area (Å²) in [4.78, 5) is 11.3. The number of rotatable bonds is 4. The van der Waals surface area contributed by atoms with Crippen molar-refractivity contribution < 1.29 is 4.52 Å². The molecule has 3 aromatic rings. The molecule has 0 amide bonds. The van der Waals surface area contributed by atoms with Gasteiger partial charge in [0.15, 0.2) is 0 Å². The van der Waals surface area contributed by atoms with Crippen molar-refractivity contribution in [2.75, 3.05) is 18.0 Å². The first-order valence-corrected chi connectivity index (χ1v) is 8.41. The van der Waals surface area contributed by atoms with Crippen molar-refractivity contribution in [1.29, 1.82) is 0 Å². The molecular formula is C17H20N6O. The second-order valence-corrected chi connectivity index (χ2v) is 5.96. The Bertz CT molecular complexity index is 801. The minimum Gasteiger partial charge on any atom is -0.357 e. The molecule has 0 N–H and O–H groups in total. The summed E-state index contributed by atoms with van der Waals surface area (Å²) in [7, 11) is 0. The molecule has 0 aliphatic carbocycles. The van der Waals surface area contributed by atoms with Crippen LogP contribution in [0.3, 0.4) is 0 Å². The van der Waals surface area contributed by atoms with Crippen LogP contribution in [0.25, 0.3) is 22.8 Å². The lowest BCUT2D eigenvalue weighted by Crippen LogP contribution is -2.29. The van der Waals surface area contributed by atoms with Crippen LogP contribution in [0.5, 0.6) is 0 Å². The summed E-state index contributed by atoms with van der Waals surface area (Å²) < 4.78 is 7.18. The van der Waals surface area contributed by atoms with Gasteiger partial charge in [0, 0.05) is 37.6 Å². The second kappa shape index (κ2) is 6.43. The van der Waals surface area contributed by atoms with Gasteiger partial charge in [-0.3, -0.25) is 4.68 Å². The zero-order valence-corrected chi connectivity index (χ0v) is 13.7. The van der Waals surface area contributed by atoms with Crippen molar-refractivity contribution in [2.45, 2.75) is 32.7 Å². The highest BCUT2D eigenvalue weighted by Gasteiger charge is 2.15. The molecule has 1 aliphatic heterocycles. The topological polar surface area (TPSA) is 72.9 Å². The minimum atomic E-state index is 0.477. The van der Waals surface area contributed by atoms with Gasteiger partial charge in [-0.1, -0.05) is 5.16 Å². The van der Waals surface area contributed by atoms with Crippen LogP contribution in [0, 0.1) is 0 Å². The van der Waals surface area contributed by atoms with E-state index < -0.39 is 0 Å². The van der Waals surface area contributed by atoms with Crippen molar-refractivity contribution in [3.8, 4) is 22.8 Å². The molecule has 0 radical (unpaired) electrons. The molecule has 0 unspecified atom stereocenters. The predicted octanol–water partition coefficient (Wildman–Crippen LogP) is 3.01. The lowest BCUT2D eigenvalue weighted by Gasteiger charge is -2.27. The quantitative estimate of drug-likeness (QED) is 0.734. The van der Waals surface area contributed by atoms with E-state index in [0.29, 0.717) is 11.7 Å². The molecule has 0 bridgehead atoms. The Hall–Kier alpha value is -2.70. The summed E-state index contributed by atoms with van der Waals surface area (Å²) in [6.45, 7) is 5.01. The van der Waals surface area contributed by atoms with Crippen molar-refractivity contribution in [1.82, 2.24) is 24.9 Å². The SMILES string of the molecule is CCn1cc(-c2nc(-c3ccc(N4CCCCC4)nc3)no2)cn1. The van der Waals surface area contributed by atoms with Gasteiger partial charge in [0.05, 0.1) is 11.8 Å². The highest BCUT2D eigenvalue weighted by atomic mass is 16.5. The molecule has 1 fully saturated rings. The van der Waals surface area contributed by atoms with Crippen LogP contribution in [0.4, 0.5) is 5.82 Å². The van der Waals surface area contributed by atoms with E-state index in [9.17, 15) is 0 Å². The second-order valence-electron chi connectivity index (χ2n) is 5.96. The summed E-state index contributed by atoms with van der Waals surface area (Å²) >= 11 is 0. The molecule has 0 saturated carbocycles. The number of piperidine rings is 1. The Balaban J connectivity index is 1.53. The molecular weight excluding hydrogens is 304 g/mol. The molecule has 0 aromatic carbocycles. The van der Waals surface area contributed by atoms with E-state index in [4.69, 9.17) is 4.52 Å². The third kappa shape index (κ3) is 2.89. The average Bonchev–Trinajstić information content (AvgIpc) is 3.32. The van der Waals surface area contributed by atoms with E-state index in [2.05, 4.69) is 25.1 Å². The Labute approximate surface area is 140 Å². The zero-order chi connectivity index (χ0) is 16.4. The number of hydrogen-bond acceptors (Lipinski definition) is 6. The largest absolute Gasteiger partial charge is 0.357 e. The third-order valence-electron chi connectivity index (χ3n) is 4.32. The van der Waals surface area contributed by atoms with Crippen LogP contribution < -0.4 is 4.90 Å². The smallest absolute Gasteiger partial charge is 0.261 e. The molecule has 7 nitrogen and oxygen atoms in total. The summed E-state index contributed by atoms with van der Waals surface area (Å²) in [5.41, 5.74) is 1.68. The molecule has 0 atom stereocenters. The van der Waals surface area contributed by atoms with E-state index >= 15 is 0 Å². The van der Waals surface area contributed by atoms with Crippen LogP contribution in [0.1, 0.15) is 26.2 Å². The normalized spacial score (nSPS) is 15.0. The van der Waals surface area contributed by atoms with Crippen molar-refractivity contribution in [3.05, 3.63) is 30.7 Å². The highest BCUT2D eigenvalue weighted by molar-refractivity contribution is 5.59. The standard InChI is InChI=1S/C17H20N6O/c1-2-23-12-14(11-19-23)17-20-16(21-24-17)13-6-7-15(18-10-13)22-8-4-3-5-9-22/h6-7,10-12H,2-5,8-9H2,1H3.